The molecule has 74 heavy (non-hydrogen) atoms. The number of piperidine rings is 1. The van der Waals surface area contributed by atoms with Gasteiger partial charge in [-0.2, -0.15) is 13.2 Å². The van der Waals surface area contributed by atoms with Crippen LogP contribution in [0.2, 0.25) is 0 Å². The molecule has 19 heteroatoms. The quantitative estimate of drug-likeness (QED) is 0.129. The number of likely N-dealkylation sites (N-methyl/N-ethyl adjacent to an activating group) is 1. The number of pyridine rings is 1. The Labute approximate surface area is 430 Å². The standard InChI is InChI=1S/C55H69F3N8O8/c1-9-45(67)64-25-26-74-54(31-64)19-23-63(24-20-54)52(71)62(7)47(34(2)3)49(68)60-43-28-36-13-10-14-37(27-36)38-17-18-44-40(29-38)41(30-53(5,6)33-73-51(70)42-16-12-22-66(61-42)50(43)69)48(65(44)32-55(56,57)58)39-15-11-21-59-46(39)35(4)72-8/h9-11,13-15,17-18,21,27,29,34-35,42-43,47,61H,1,12,16,19-20,22-26,28,30-33H2,2-8H3,(H,60,68)/t35-,42-,43-,47-/m0/s1. The molecule has 0 saturated carbocycles. The zero-order valence-electron chi connectivity index (χ0n) is 43.4. The first-order valence-electron chi connectivity index (χ1n) is 25.5. The van der Waals surface area contributed by atoms with Gasteiger partial charge in [-0.05, 0) is 97.5 Å². The van der Waals surface area contributed by atoms with Gasteiger partial charge in [0.2, 0.25) is 11.8 Å². The van der Waals surface area contributed by atoms with Gasteiger partial charge in [0.1, 0.15) is 24.7 Å². The third-order valence-corrected chi connectivity index (χ3v) is 14.9. The fraction of sp³-hybridized carbons (Fsp3) is 0.527. The van der Waals surface area contributed by atoms with Gasteiger partial charge in [0.05, 0.1) is 42.9 Å². The molecule has 4 atom stereocenters. The second-order valence-electron chi connectivity index (χ2n) is 21.4. The van der Waals surface area contributed by atoms with Crippen LogP contribution in [-0.2, 0) is 52.8 Å². The Hall–Kier alpha value is -6.31. The molecular weight excluding hydrogens is 958 g/mol. The van der Waals surface area contributed by atoms with E-state index in [9.17, 15) is 37.1 Å². The number of cyclic esters (lactones) is 1. The number of methoxy groups -OCH3 is 1. The van der Waals surface area contributed by atoms with Crippen LogP contribution in [0.3, 0.4) is 0 Å². The fourth-order valence-corrected chi connectivity index (χ4v) is 11.1. The van der Waals surface area contributed by atoms with Gasteiger partial charge in [-0.3, -0.25) is 29.2 Å². The average Bonchev–Trinajstić information content (AvgIpc) is 3.66. The summed E-state index contributed by atoms with van der Waals surface area (Å²) >= 11 is 0. The van der Waals surface area contributed by atoms with Gasteiger partial charge in [0.25, 0.3) is 5.91 Å². The summed E-state index contributed by atoms with van der Waals surface area (Å²) in [5.41, 5.74) is 6.06. The van der Waals surface area contributed by atoms with Gasteiger partial charge in [0, 0.05) is 74.8 Å². The van der Waals surface area contributed by atoms with E-state index in [0.717, 1.165) is 5.56 Å². The molecule has 3 fully saturated rings. The first-order valence-corrected chi connectivity index (χ1v) is 25.5. The van der Waals surface area contributed by atoms with Crippen molar-refractivity contribution in [3.8, 4) is 22.4 Å². The van der Waals surface area contributed by atoms with Crippen molar-refractivity contribution in [3.63, 3.8) is 0 Å². The maximum atomic E-state index is 14.8. The number of ether oxygens (including phenoxy) is 3. The van der Waals surface area contributed by atoms with Crippen LogP contribution in [0.25, 0.3) is 33.3 Å². The second-order valence-corrected chi connectivity index (χ2v) is 21.4. The number of aromatic nitrogens is 2. The lowest BCUT2D eigenvalue weighted by molar-refractivity contribution is -0.155. The number of rotatable bonds is 9. The van der Waals surface area contributed by atoms with Crippen molar-refractivity contribution in [1.82, 2.24) is 40.0 Å². The van der Waals surface area contributed by atoms with Gasteiger partial charge in [-0.15, -0.1) is 0 Å². The molecule has 1 spiro atoms. The van der Waals surface area contributed by atoms with Crippen LogP contribution in [-0.4, -0.2) is 149 Å². The monoisotopic (exact) mass is 1030 g/mol. The van der Waals surface area contributed by atoms with Crippen molar-refractivity contribution in [1.29, 1.82) is 0 Å². The van der Waals surface area contributed by atoms with E-state index in [2.05, 4.69) is 22.3 Å². The Kier molecular flexibility index (Phi) is 16.0. The number of halogens is 3. The zero-order chi connectivity index (χ0) is 53.3. The lowest BCUT2D eigenvalue weighted by Crippen LogP contribution is -2.63. The number of esters is 1. The molecule has 0 aliphatic carbocycles. The molecule has 4 aliphatic rings. The van der Waals surface area contributed by atoms with E-state index in [1.165, 1.54) is 27.7 Å². The van der Waals surface area contributed by atoms with Crippen molar-refractivity contribution in [2.75, 3.05) is 60.1 Å². The number of likely N-dealkylation sites (tertiary alicyclic amines) is 1. The third-order valence-electron chi connectivity index (χ3n) is 14.9. The number of nitrogens with zero attached hydrogens (tertiary/aromatic N) is 6. The zero-order valence-corrected chi connectivity index (χ0v) is 43.4. The van der Waals surface area contributed by atoms with E-state index in [-0.39, 0.29) is 43.8 Å². The molecule has 5 amide bonds. The summed E-state index contributed by atoms with van der Waals surface area (Å²) in [5.74, 6) is -2.18. The highest BCUT2D eigenvalue weighted by atomic mass is 19.4. The molecule has 6 bridgehead atoms. The van der Waals surface area contributed by atoms with E-state index >= 15 is 0 Å². The number of alkyl halides is 3. The van der Waals surface area contributed by atoms with Crippen molar-refractivity contribution in [2.24, 2.45) is 11.3 Å². The number of morpholine rings is 1. The number of amides is 5. The van der Waals surface area contributed by atoms with Gasteiger partial charge in [0.15, 0.2) is 0 Å². The van der Waals surface area contributed by atoms with E-state index in [0.29, 0.717) is 103 Å². The number of nitrogens with one attached hydrogen (secondary N) is 2. The summed E-state index contributed by atoms with van der Waals surface area (Å²) in [5, 5.41) is 4.96. The van der Waals surface area contributed by atoms with Crippen LogP contribution in [0, 0.1) is 11.3 Å². The summed E-state index contributed by atoms with van der Waals surface area (Å²) in [6.45, 7) is 13.7. The molecule has 6 heterocycles. The molecule has 398 valence electrons. The number of hydrogen-bond donors (Lipinski definition) is 2. The van der Waals surface area contributed by atoms with Crippen LogP contribution in [0.1, 0.15) is 83.2 Å². The third kappa shape index (κ3) is 11.6. The molecule has 2 aromatic carbocycles. The van der Waals surface area contributed by atoms with Crippen LogP contribution in [0.5, 0.6) is 0 Å². The van der Waals surface area contributed by atoms with Crippen molar-refractivity contribution < 1.29 is 51.4 Å². The average molecular weight is 1030 g/mol. The van der Waals surface area contributed by atoms with E-state index in [4.69, 9.17) is 14.2 Å². The van der Waals surface area contributed by atoms with Crippen molar-refractivity contribution >= 4 is 40.6 Å². The summed E-state index contributed by atoms with van der Waals surface area (Å²) in [4.78, 5) is 79.6. The molecular formula is C55H69F3N8O8. The van der Waals surface area contributed by atoms with Crippen LogP contribution in [0.4, 0.5) is 18.0 Å². The number of hydrogen-bond acceptors (Lipinski definition) is 10. The molecule has 3 saturated heterocycles. The molecule has 4 aromatic rings. The Morgan fingerprint density at radius 1 is 1.01 bits per heavy atom. The maximum Gasteiger partial charge on any atom is 0.406 e. The maximum absolute atomic E-state index is 14.8. The highest BCUT2D eigenvalue weighted by molar-refractivity contribution is 5.96. The van der Waals surface area contributed by atoms with Crippen LogP contribution >= 0.6 is 0 Å². The van der Waals surface area contributed by atoms with Gasteiger partial charge in [-0.25, -0.2) is 10.2 Å². The molecule has 0 unspecified atom stereocenters. The normalized spacial score (nSPS) is 21.2. The number of hydrazine groups is 1. The minimum Gasteiger partial charge on any atom is -0.464 e. The molecule has 16 nitrogen and oxygen atoms in total. The SMILES string of the molecule is C=CC(=O)N1CCOC2(CCN(C(=O)N(C)[C@H](C(=O)N[C@H]3Cc4cccc(c4)-c4ccc5c(c4)c(c(-c4cccnc4[C@H](C)OC)n5CC(F)(F)F)CC(C)(C)COC(=O)[C@@H]4CCCN(N4)C3=O)C(C)C)CC2)C1. The van der Waals surface area contributed by atoms with Crippen LogP contribution in [0.15, 0.2) is 73.4 Å². The Bertz CT molecular complexity index is 2770. The number of urea groups is 1. The topological polar surface area (TPSA) is 168 Å². The summed E-state index contributed by atoms with van der Waals surface area (Å²) < 4.78 is 63.4. The van der Waals surface area contributed by atoms with Crippen LogP contribution < -0.4 is 10.7 Å². The fourth-order valence-electron chi connectivity index (χ4n) is 11.1. The first-order chi connectivity index (χ1) is 35.1. The van der Waals surface area contributed by atoms with E-state index in [1.54, 1.807) is 54.2 Å². The number of carbonyl (C=O) groups excluding carboxylic acids is 5. The van der Waals surface area contributed by atoms with E-state index in [1.807, 2.05) is 58.0 Å². The second kappa shape index (κ2) is 21.9. The Balaban J connectivity index is 1.14. The highest BCUT2D eigenvalue weighted by Gasteiger charge is 2.44. The minimum absolute atomic E-state index is 0.0169. The summed E-state index contributed by atoms with van der Waals surface area (Å²) in [6, 6.07) is 12.8. The lowest BCUT2D eigenvalue weighted by atomic mass is 9.84. The minimum atomic E-state index is -4.59. The predicted molar refractivity (Wildman–Crippen MR) is 272 cm³/mol. The highest BCUT2D eigenvalue weighted by Crippen LogP contribution is 2.43. The number of fused-ring (bicyclic) bond motifs is 6. The lowest BCUT2D eigenvalue weighted by Gasteiger charge is -2.47. The Morgan fingerprint density at radius 3 is 2.46 bits per heavy atom. The molecule has 4 aliphatic heterocycles. The largest absolute Gasteiger partial charge is 0.464 e. The first kappa shape index (κ1) is 54.0. The predicted octanol–water partition coefficient (Wildman–Crippen LogP) is 7.24. The number of carbonyl (C=O) groups is 5. The summed E-state index contributed by atoms with van der Waals surface area (Å²) in [7, 11) is 3.10. The molecule has 2 aromatic heterocycles. The van der Waals surface area contributed by atoms with Gasteiger partial charge in [-0.1, -0.05) is 64.6 Å². The number of benzene rings is 2. The van der Waals surface area contributed by atoms with Crippen molar-refractivity contribution in [2.45, 2.75) is 116 Å². The Morgan fingerprint density at radius 2 is 1.76 bits per heavy atom. The van der Waals surface area contributed by atoms with E-state index < -0.39 is 65.8 Å². The van der Waals surface area contributed by atoms with Gasteiger partial charge >= 0.3 is 18.2 Å². The molecule has 0 radical (unpaired) electrons. The van der Waals surface area contributed by atoms with Gasteiger partial charge < -0.3 is 38.8 Å². The summed E-state index contributed by atoms with van der Waals surface area (Å²) in [6.07, 6.45) is -0.237. The molecule has 2 N–H and O–H groups in total. The van der Waals surface area contributed by atoms with Crippen molar-refractivity contribution in [3.05, 3.63) is 90.3 Å². The molecule has 8 rings (SSSR count). The smallest absolute Gasteiger partial charge is 0.406 e.